The number of aryl methyl sites for hydroxylation is 1. The zero-order valence-electron chi connectivity index (χ0n) is 11.7. The van der Waals surface area contributed by atoms with Crippen molar-refractivity contribution in [1.82, 2.24) is 5.32 Å². The number of hydrogen-bond donors (Lipinski definition) is 1. The molecule has 1 atom stereocenters. The fraction of sp³-hybridized carbons (Fsp3) is 0.294. The molecule has 0 aliphatic carbocycles. The maximum absolute atomic E-state index is 3.60. The van der Waals surface area contributed by atoms with Crippen molar-refractivity contribution in [3.05, 3.63) is 64.6 Å². The van der Waals surface area contributed by atoms with E-state index in [1.165, 1.54) is 14.9 Å². The predicted molar refractivity (Wildman–Crippen MR) is 92.5 cm³/mol. The van der Waals surface area contributed by atoms with Crippen LogP contribution in [-0.2, 0) is 6.42 Å². The number of benzene rings is 2. The SMILES string of the molecule is CNC(CCc1ccccc1)CSc1ccccc1Br. The summed E-state index contributed by atoms with van der Waals surface area (Å²) in [4.78, 5) is 1.31. The molecule has 1 nitrogen and oxygen atoms in total. The average molecular weight is 350 g/mol. The lowest BCUT2D eigenvalue weighted by molar-refractivity contribution is 0.573. The Balaban J connectivity index is 1.82. The minimum absolute atomic E-state index is 0.535. The molecule has 0 aliphatic rings. The van der Waals surface area contributed by atoms with Gasteiger partial charge in [0.25, 0.3) is 0 Å². The zero-order valence-corrected chi connectivity index (χ0v) is 14.1. The minimum atomic E-state index is 0.535. The van der Waals surface area contributed by atoms with Crippen molar-refractivity contribution in [2.45, 2.75) is 23.8 Å². The fourth-order valence-corrected chi connectivity index (χ4v) is 3.77. The van der Waals surface area contributed by atoms with Gasteiger partial charge in [-0.1, -0.05) is 42.5 Å². The molecular formula is C17H20BrNS. The topological polar surface area (TPSA) is 12.0 Å². The second-order valence-electron chi connectivity index (χ2n) is 4.75. The molecule has 0 aromatic heterocycles. The van der Waals surface area contributed by atoms with Gasteiger partial charge in [0, 0.05) is 21.2 Å². The molecule has 2 aromatic carbocycles. The smallest absolute Gasteiger partial charge is 0.0311 e. The van der Waals surface area contributed by atoms with Gasteiger partial charge >= 0.3 is 0 Å². The first-order chi connectivity index (χ1) is 9.79. The maximum atomic E-state index is 3.60. The second kappa shape index (κ2) is 8.50. The third-order valence-corrected chi connectivity index (χ3v) is 5.50. The molecule has 1 unspecified atom stereocenters. The van der Waals surface area contributed by atoms with Gasteiger partial charge in [-0.15, -0.1) is 11.8 Å². The lowest BCUT2D eigenvalue weighted by Gasteiger charge is -2.16. The molecule has 0 aliphatic heterocycles. The predicted octanol–water partition coefficient (Wildman–Crippen LogP) is 4.76. The Labute approximate surface area is 134 Å². The number of halogens is 1. The molecular weight excluding hydrogens is 330 g/mol. The third kappa shape index (κ3) is 4.97. The lowest BCUT2D eigenvalue weighted by atomic mass is 10.1. The van der Waals surface area contributed by atoms with Crippen LogP contribution >= 0.6 is 27.7 Å². The van der Waals surface area contributed by atoms with E-state index in [2.05, 4.69) is 82.9 Å². The van der Waals surface area contributed by atoms with E-state index in [9.17, 15) is 0 Å². The first-order valence-corrected chi connectivity index (χ1v) is 8.66. The van der Waals surface area contributed by atoms with Crippen molar-refractivity contribution in [3.63, 3.8) is 0 Å². The number of rotatable bonds is 7. The number of thioether (sulfide) groups is 1. The summed E-state index contributed by atoms with van der Waals surface area (Å²) < 4.78 is 1.18. The third-order valence-electron chi connectivity index (χ3n) is 3.31. The standard InChI is InChI=1S/C17H20BrNS/c1-19-15(12-11-14-7-3-2-4-8-14)13-20-17-10-6-5-9-16(17)18/h2-10,15,19H,11-13H2,1H3. The molecule has 0 amide bonds. The van der Waals surface area contributed by atoms with Crippen LogP contribution in [0, 0.1) is 0 Å². The van der Waals surface area contributed by atoms with Crippen molar-refractivity contribution in [1.29, 1.82) is 0 Å². The molecule has 0 fully saturated rings. The van der Waals surface area contributed by atoms with Crippen LogP contribution in [0.1, 0.15) is 12.0 Å². The Morgan fingerprint density at radius 1 is 1.05 bits per heavy atom. The molecule has 0 spiro atoms. The molecule has 1 N–H and O–H groups in total. The molecule has 0 saturated carbocycles. The lowest BCUT2D eigenvalue weighted by Crippen LogP contribution is -2.28. The van der Waals surface area contributed by atoms with E-state index in [0.29, 0.717) is 6.04 Å². The molecule has 106 valence electrons. The largest absolute Gasteiger partial charge is 0.316 e. The number of nitrogens with one attached hydrogen (secondary N) is 1. The van der Waals surface area contributed by atoms with Crippen LogP contribution in [0.25, 0.3) is 0 Å². The first kappa shape index (κ1) is 15.6. The van der Waals surface area contributed by atoms with Gasteiger partial charge in [0.1, 0.15) is 0 Å². The van der Waals surface area contributed by atoms with Gasteiger partial charge in [0.2, 0.25) is 0 Å². The Bertz CT molecular complexity index is 515. The van der Waals surface area contributed by atoms with Gasteiger partial charge in [0.15, 0.2) is 0 Å². The summed E-state index contributed by atoms with van der Waals surface area (Å²) >= 11 is 5.51. The van der Waals surface area contributed by atoms with Crippen molar-refractivity contribution in [3.8, 4) is 0 Å². The van der Waals surface area contributed by atoms with E-state index >= 15 is 0 Å². The summed E-state index contributed by atoms with van der Waals surface area (Å²) in [5.41, 5.74) is 1.42. The van der Waals surface area contributed by atoms with Crippen LogP contribution in [0.2, 0.25) is 0 Å². The molecule has 3 heteroatoms. The van der Waals surface area contributed by atoms with Crippen molar-refractivity contribution < 1.29 is 0 Å². The summed E-state index contributed by atoms with van der Waals surface area (Å²) in [6.07, 6.45) is 2.29. The first-order valence-electron chi connectivity index (χ1n) is 6.88. The van der Waals surface area contributed by atoms with Crippen molar-refractivity contribution in [2.24, 2.45) is 0 Å². The van der Waals surface area contributed by atoms with Crippen LogP contribution < -0.4 is 5.32 Å². The summed E-state index contributed by atoms with van der Waals surface area (Å²) in [6.45, 7) is 0. The quantitative estimate of drug-likeness (QED) is 0.723. The highest BCUT2D eigenvalue weighted by molar-refractivity contribution is 9.10. The highest BCUT2D eigenvalue weighted by atomic mass is 79.9. The van der Waals surface area contributed by atoms with Gasteiger partial charge in [-0.05, 0) is 53.5 Å². The van der Waals surface area contributed by atoms with E-state index in [4.69, 9.17) is 0 Å². The Morgan fingerprint density at radius 3 is 2.45 bits per heavy atom. The zero-order chi connectivity index (χ0) is 14.2. The normalized spacial score (nSPS) is 12.3. The molecule has 0 heterocycles. The molecule has 0 radical (unpaired) electrons. The van der Waals surface area contributed by atoms with Crippen LogP contribution in [-0.4, -0.2) is 18.8 Å². The van der Waals surface area contributed by atoms with E-state index in [0.717, 1.165) is 18.6 Å². The van der Waals surface area contributed by atoms with Crippen molar-refractivity contribution >= 4 is 27.7 Å². The van der Waals surface area contributed by atoms with Gasteiger partial charge in [-0.25, -0.2) is 0 Å². The summed E-state index contributed by atoms with van der Waals surface area (Å²) in [6, 6.07) is 19.6. The number of hydrogen-bond acceptors (Lipinski definition) is 2. The molecule has 2 aromatic rings. The maximum Gasteiger partial charge on any atom is 0.0311 e. The molecule has 0 bridgehead atoms. The Hall–Kier alpha value is -0.770. The van der Waals surface area contributed by atoms with E-state index in [1.54, 1.807) is 0 Å². The van der Waals surface area contributed by atoms with Crippen LogP contribution in [0.4, 0.5) is 0 Å². The van der Waals surface area contributed by atoms with E-state index in [-0.39, 0.29) is 0 Å². The summed E-state index contributed by atoms with van der Waals surface area (Å²) in [5, 5.41) is 3.43. The van der Waals surface area contributed by atoms with Gasteiger partial charge in [0.05, 0.1) is 0 Å². The highest BCUT2D eigenvalue weighted by Crippen LogP contribution is 2.27. The molecule has 2 rings (SSSR count). The van der Waals surface area contributed by atoms with E-state index in [1.807, 2.05) is 11.8 Å². The Morgan fingerprint density at radius 2 is 1.75 bits per heavy atom. The minimum Gasteiger partial charge on any atom is -0.316 e. The monoisotopic (exact) mass is 349 g/mol. The van der Waals surface area contributed by atoms with Gasteiger partial charge in [-0.3, -0.25) is 0 Å². The summed E-state index contributed by atoms with van der Waals surface area (Å²) in [7, 11) is 2.05. The second-order valence-corrected chi connectivity index (χ2v) is 6.67. The molecule has 20 heavy (non-hydrogen) atoms. The van der Waals surface area contributed by atoms with Gasteiger partial charge in [-0.2, -0.15) is 0 Å². The Kier molecular flexibility index (Phi) is 6.64. The van der Waals surface area contributed by atoms with Crippen LogP contribution in [0.15, 0.2) is 64.0 Å². The fourth-order valence-electron chi connectivity index (χ4n) is 2.05. The summed E-state index contributed by atoms with van der Waals surface area (Å²) in [5.74, 6) is 1.09. The van der Waals surface area contributed by atoms with Crippen molar-refractivity contribution in [2.75, 3.05) is 12.8 Å². The van der Waals surface area contributed by atoms with Crippen LogP contribution in [0.5, 0.6) is 0 Å². The van der Waals surface area contributed by atoms with Crippen LogP contribution in [0.3, 0.4) is 0 Å². The molecule has 0 saturated heterocycles. The van der Waals surface area contributed by atoms with E-state index < -0.39 is 0 Å². The highest BCUT2D eigenvalue weighted by Gasteiger charge is 2.08. The van der Waals surface area contributed by atoms with Gasteiger partial charge < -0.3 is 5.32 Å². The average Bonchev–Trinajstić information content (AvgIpc) is 2.50.